The molecule has 0 aromatic heterocycles. The molecular formula is C20H30ClN3O3. The summed E-state index contributed by atoms with van der Waals surface area (Å²) >= 11 is 0. The zero-order valence-corrected chi connectivity index (χ0v) is 16.6. The Kier molecular flexibility index (Phi) is 8.88. The largest absolute Gasteiger partial charge is 0.482 e. The van der Waals surface area contributed by atoms with Gasteiger partial charge in [-0.05, 0) is 25.0 Å². The number of rotatable bonds is 7. The molecule has 2 amide bonds. The van der Waals surface area contributed by atoms with Crippen LogP contribution in [0.3, 0.4) is 0 Å². The number of carbonyl (C=O) groups excluding carboxylic acids is 2. The fourth-order valence-electron chi connectivity index (χ4n) is 3.66. The molecule has 2 aliphatic rings. The summed E-state index contributed by atoms with van der Waals surface area (Å²) in [5, 5.41) is 6.49. The minimum atomic E-state index is -0.105. The molecule has 0 saturated heterocycles. The Morgan fingerprint density at radius 2 is 1.85 bits per heavy atom. The van der Waals surface area contributed by atoms with Crippen molar-refractivity contribution >= 4 is 29.9 Å². The summed E-state index contributed by atoms with van der Waals surface area (Å²) in [6, 6.07) is 8.03. The van der Waals surface area contributed by atoms with Crippen LogP contribution in [0, 0.1) is 0 Å². The third kappa shape index (κ3) is 6.40. The van der Waals surface area contributed by atoms with Crippen LogP contribution in [0.5, 0.6) is 5.75 Å². The Morgan fingerprint density at radius 1 is 1.11 bits per heavy atom. The molecule has 7 heteroatoms. The molecule has 1 fully saturated rings. The number of hydrogen-bond donors (Lipinski definition) is 2. The average Bonchev–Trinajstić information content (AvgIpc) is 2.93. The number of nitrogens with one attached hydrogen (secondary N) is 2. The maximum atomic E-state index is 12.1. The molecule has 0 unspecified atom stereocenters. The molecule has 3 rings (SSSR count). The minimum Gasteiger partial charge on any atom is -0.482 e. The Morgan fingerprint density at radius 3 is 2.63 bits per heavy atom. The number of fused-ring (bicyclic) bond motifs is 1. The van der Waals surface area contributed by atoms with Gasteiger partial charge in [-0.25, -0.2) is 0 Å². The van der Waals surface area contributed by atoms with Gasteiger partial charge in [0.1, 0.15) is 5.75 Å². The van der Waals surface area contributed by atoms with E-state index >= 15 is 0 Å². The van der Waals surface area contributed by atoms with Crippen LogP contribution in [0.2, 0.25) is 0 Å². The number of carbonyl (C=O) groups is 2. The standard InChI is InChI=1S/C20H29N3O3.ClH/c24-19(22-13-12-21-16-7-3-1-2-4-8-16)11-14-23-17-9-5-6-10-18(17)26-15-20(23)25;/h5-6,9-10,16,21H,1-4,7-8,11-15H2,(H,22,24);1H. The molecule has 6 nitrogen and oxygen atoms in total. The third-order valence-electron chi connectivity index (χ3n) is 5.11. The number of hydrogen-bond acceptors (Lipinski definition) is 4. The van der Waals surface area contributed by atoms with E-state index in [1.54, 1.807) is 4.90 Å². The number of ether oxygens (including phenoxy) is 1. The molecule has 2 N–H and O–H groups in total. The summed E-state index contributed by atoms with van der Waals surface area (Å²) in [5.41, 5.74) is 0.742. The lowest BCUT2D eigenvalue weighted by Gasteiger charge is -2.29. The number of para-hydroxylation sites is 2. The van der Waals surface area contributed by atoms with E-state index in [9.17, 15) is 9.59 Å². The minimum absolute atomic E-state index is 0. The van der Waals surface area contributed by atoms with Crippen molar-refractivity contribution in [2.45, 2.75) is 51.0 Å². The molecule has 1 aromatic rings. The van der Waals surface area contributed by atoms with Gasteiger partial charge in [-0.15, -0.1) is 12.4 Å². The Hall–Kier alpha value is -1.79. The van der Waals surface area contributed by atoms with Gasteiger partial charge in [0.15, 0.2) is 6.61 Å². The van der Waals surface area contributed by atoms with Crippen molar-refractivity contribution in [3.8, 4) is 5.75 Å². The summed E-state index contributed by atoms with van der Waals surface area (Å²) < 4.78 is 5.42. The Labute approximate surface area is 167 Å². The third-order valence-corrected chi connectivity index (χ3v) is 5.11. The molecule has 0 spiro atoms. The zero-order chi connectivity index (χ0) is 18.2. The summed E-state index contributed by atoms with van der Waals surface area (Å²) in [5.74, 6) is 0.566. The van der Waals surface area contributed by atoms with Gasteiger partial charge in [-0.1, -0.05) is 37.8 Å². The fourth-order valence-corrected chi connectivity index (χ4v) is 3.66. The second kappa shape index (κ2) is 11.1. The number of halogens is 1. The molecule has 150 valence electrons. The van der Waals surface area contributed by atoms with Gasteiger partial charge in [0.05, 0.1) is 5.69 Å². The van der Waals surface area contributed by atoms with Crippen LogP contribution in [-0.4, -0.2) is 44.1 Å². The summed E-state index contributed by atoms with van der Waals surface area (Å²) in [7, 11) is 0. The van der Waals surface area contributed by atoms with E-state index in [4.69, 9.17) is 4.74 Å². The van der Waals surface area contributed by atoms with Crippen LogP contribution in [0.15, 0.2) is 24.3 Å². The predicted molar refractivity (Wildman–Crippen MR) is 109 cm³/mol. The molecule has 1 aliphatic carbocycles. The summed E-state index contributed by atoms with van der Waals surface area (Å²) in [6.45, 7) is 1.84. The van der Waals surface area contributed by atoms with Crippen molar-refractivity contribution < 1.29 is 14.3 Å². The molecule has 1 heterocycles. The highest BCUT2D eigenvalue weighted by atomic mass is 35.5. The van der Waals surface area contributed by atoms with Crippen LogP contribution in [-0.2, 0) is 9.59 Å². The van der Waals surface area contributed by atoms with E-state index in [2.05, 4.69) is 10.6 Å². The first kappa shape index (κ1) is 21.5. The van der Waals surface area contributed by atoms with Gasteiger partial charge in [-0.2, -0.15) is 0 Å². The van der Waals surface area contributed by atoms with Crippen molar-refractivity contribution in [1.29, 1.82) is 0 Å². The van der Waals surface area contributed by atoms with Crippen LogP contribution >= 0.6 is 12.4 Å². The van der Waals surface area contributed by atoms with Gasteiger partial charge >= 0.3 is 0 Å². The van der Waals surface area contributed by atoms with Crippen molar-refractivity contribution in [3.63, 3.8) is 0 Å². The lowest BCUT2D eigenvalue weighted by molar-refractivity contribution is -0.122. The zero-order valence-electron chi connectivity index (χ0n) is 15.7. The monoisotopic (exact) mass is 395 g/mol. The van der Waals surface area contributed by atoms with Crippen LogP contribution in [0.1, 0.15) is 44.9 Å². The maximum absolute atomic E-state index is 12.1. The molecule has 0 atom stereocenters. The Balaban J connectivity index is 0.00000261. The second-order valence-electron chi connectivity index (χ2n) is 7.04. The quantitative estimate of drug-likeness (QED) is 0.550. The molecule has 27 heavy (non-hydrogen) atoms. The number of benzene rings is 1. The van der Waals surface area contributed by atoms with Gasteiger partial charge < -0.3 is 20.3 Å². The lowest BCUT2D eigenvalue weighted by atomic mass is 10.1. The van der Waals surface area contributed by atoms with Gasteiger partial charge in [0, 0.05) is 32.1 Å². The second-order valence-corrected chi connectivity index (χ2v) is 7.04. The first-order chi connectivity index (χ1) is 12.7. The molecular weight excluding hydrogens is 366 g/mol. The van der Waals surface area contributed by atoms with Crippen molar-refractivity contribution in [2.75, 3.05) is 31.1 Å². The van der Waals surface area contributed by atoms with E-state index in [0.717, 1.165) is 12.2 Å². The normalized spacial score (nSPS) is 17.3. The number of nitrogens with zero attached hydrogens (tertiary/aromatic N) is 1. The Bertz CT molecular complexity index is 618. The first-order valence-corrected chi connectivity index (χ1v) is 9.76. The summed E-state index contributed by atoms with van der Waals surface area (Å²) in [6.07, 6.45) is 8.08. The molecule has 1 aromatic carbocycles. The summed E-state index contributed by atoms with van der Waals surface area (Å²) in [4.78, 5) is 25.8. The highest BCUT2D eigenvalue weighted by Crippen LogP contribution is 2.31. The molecule has 0 radical (unpaired) electrons. The fraction of sp³-hybridized carbons (Fsp3) is 0.600. The van der Waals surface area contributed by atoms with Crippen molar-refractivity contribution in [3.05, 3.63) is 24.3 Å². The van der Waals surface area contributed by atoms with E-state index in [-0.39, 0.29) is 30.8 Å². The maximum Gasteiger partial charge on any atom is 0.265 e. The number of amides is 2. The van der Waals surface area contributed by atoms with Crippen molar-refractivity contribution in [1.82, 2.24) is 10.6 Å². The lowest BCUT2D eigenvalue weighted by Crippen LogP contribution is -2.42. The topological polar surface area (TPSA) is 70.7 Å². The highest BCUT2D eigenvalue weighted by Gasteiger charge is 2.25. The highest BCUT2D eigenvalue weighted by molar-refractivity contribution is 5.98. The predicted octanol–water partition coefficient (Wildman–Crippen LogP) is 2.65. The average molecular weight is 396 g/mol. The van der Waals surface area contributed by atoms with E-state index in [1.807, 2.05) is 24.3 Å². The molecule has 0 bridgehead atoms. The molecule has 1 aliphatic heterocycles. The van der Waals surface area contributed by atoms with Gasteiger partial charge in [0.25, 0.3) is 5.91 Å². The van der Waals surface area contributed by atoms with E-state index < -0.39 is 0 Å². The SMILES string of the molecule is Cl.O=C(CCN1C(=O)COc2ccccc21)NCCNC1CCCCCC1. The van der Waals surface area contributed by atoms with E-state index in [1.165, 1.54) is 38.5 Å². The first-order valence-electron chi connectivity index (χ1n) is 9.76. The van der Waals surface area contributed by atoms with Crippen LogP contribution < -0.4 is 20.3 Å². The van der Waals surface area contributed by atoms with Gasteiger partial charge in [-0.3, -0.25) is 9.59 Å². The van der Waals surface area contributed by atoms with Gasteiger partial charge in [0.2, 0.25) is 5.91 Å². The van der Waals surface area contributed by atoms with E-state index in [0.29, 0.717) is 31.3 Å². The smallest absolute Gasteiger partial charge is 0.265 e. The van der Waals surface area contributed by atoms with Crippen LogP contribution in [0.25, 0.3) is 0 Å². The number of anilines is 1. The molecule has 1 saturated carbocycles. The van der Waals surface area contributed by atoms with Crippen molar-refractivity contribution in [2.24, 2.45) is 0 Å². The van der Waals surface area contributed by atoms with Crippen LogP contribution in [0.4, 0.5) is 5.69 Å².